The summed E-state index contributed by atoms with van der Waals surface area (Å²) in [6.45, 7) is 12.7. The van der Waals surface area contributed by atoms with Gasteiger partial charge in [0.25, 0.3) is 11.8 Å². The molecule has 1 unspecified atom stereocenters. The molecular weight excluding hydrogens is 473 g/mol. The molecule has 11 heteroatoms. The molecule has 3 amide bonds. The molecule has 3 fully saturated rings. The Balaban J connectivity index is 1.99. The van der Waals surface area contributed by atoms with Gasteiger partial charge in [-0.2, -0.15) is 5.06 Å². The lowest BCUT2D eigenvalue weighted by atomic mass is 9.93. The van der Waals surface area contributed by atoms with Crippen LogP contribution >= 0.6 is 7.37 Å². The van der Waals surface area contributed by atoms with E-state index in [-0.39, 0.29) is 49.0 Å². The Morgan fingerprint density at radius 2 is 1.71 bits per heavy atom. The number of hydrogen-bond acceptors (Lipinski definition) is 7. The molecule has 3 aliphatic rings. The fourth-order valence-corrected chi connectivity index (χ4v) is 6.46. The predicted octanol–water partition coefficient (Wildman–Crippen LogP) is 2.71. The Bertz CT molecular complexity index is 830. The van der Waals surface area contributed by atoms with Crippen molar-refractivity contribution in [1.29, 1.82) is 0 Å². The van der Waals surface area contributed by atoms with E-state index in [0.717, 1.165) is 0 Å². The third kappa shape index (κ3) is 6.64. The standard InChI is InChI=1S/C24H42N3O7P/c1-7-33-35(6,31)15-22(28)27-21-14-25(18-8-10-32-11-9-18)23(29)19(12-16(2)3)26(21)24(30)20(34-27)13-17(4)5/h16-21H,7-15H2,1-6H3/t19-,20+,21-,35?/m0/s1. The third-order valence-corrected chi connectivity index (χ3v) is 8.36. The number of ether oxygens (including phenoxy) is 1. The highest BCUT2D eigenvalue weighted by molar-refractivity contribution is 7.59. The van der Waals surface area contributed by atoms with Gasteiger partial charge in [-0.15, -0.1) is 0 Å². The van der Waals surface area contributed by atoms with E-state index >= 15 is 0 Å². The lowest BCUT2D eigenvalue weighted by molar-refractivity contribution is -0.277. The SMILES string of the molecule is CCOP(C)(=O)CC(=O)N1O[C@H](CC(C)C)C(=O)N2[C@@H]1CN(C1CCOCC1)C(=O)[C@@H]2CC(C)C. The minimum atomic E-state index is -3.19. The van der Waals surface area contributed by atoms with Crippen LogP contribution in [0, 0.1) is 11.8 Å². The first kappa shape index (κ1) is 28.1. The molecule has 0 bridgehead atoms. The fourth-order valence-electron chi connectivity index (χ4n) is 5.20. The number of carbonyl (C=O) groups excluding carboxylic acids is 3. The normalized spacial score (nSPS) is 28.0. The van der Waals surface area contributed by atoms with Gasteiger partial charge < -0.3 is 19.1 Å². The molecule has 0 aromatic carbocycles. The molecule has 0 radical (unpaired) electrons. The molecule has 3 aliphatic heterocycles. The Morgan fingerprint density at radius 3 is 2.29 bits per heavy atom. The molecule has 0 N–H and O–H groups in total. The first-order valence-corrected chi connectivity index (χ1v) is 15.1. The number of nitrogens with zero attached hydrogens (tertiary/aromatic N) is 3. The van der Waals surface area contributed by atoms with E-state index in [2.05, 4.69) is 0 Å². The van der Waals surface area contributed by atoms with Crippen molar-refractivity contribution in [2.45, 2.75) is 84.7 Å². The van der Waals surface area contributed by atoms with Crippen LogP contribution in [0.4, 0.5) is 0 Å². The molecule has 0 spiro atoms. The number of piperazine rings is 1. The summed E-state index contributed by atoms with van der Waals surface area (Å²) in [5.74, 6) is -0.534. The van der Waals surface area contributed by atoms with E-state index in [0.29, 0.717) is 38.9 Å². The Labute approximate surface area is 209 Å². The van der Waals surface area contributed by atoms with Gasteiger partial charge in [0.15, 0.2) is 12.3 Å². The van der Waals surface area contributed by atoms with Crippen LogP contribution in [0.25, 0.3) is 0 Å². The Morgan fingerprint density at radius 1 is 1.09 bits per heavy atom. The second-order valence-electron chi connectivity index (χ2n) is 10.7. The van der Waals surface area contributed by atoms with E-state index in [1.807, 2.05) is 32.6 Å². The van der Waals surface area contributed by atoms with Crippen molar-refractivity contribution >= 4 is 25.1 Å². The van der Waals surface area contributed by atoms with Gasteiger partial charge in [-0.25, -0.2) is 0 Å². The lowest BCUT2D eigenvalue weighted by Crippen LogP contribution is -2.74. The topological polar surface area (TPSA) is 106 Å². The number of hydroxylamine groups is 2. The van der Waals surface area contributed by atoms with Crippen molar-refractivity contribution < 1.29 is 33.0 Å². The molecule has 0 aromatic heterocycles. The van der Waals surface area contributed by atoms with E-state index in [1.54, 1.807) is 11.8 Å². The molecule has 0 aromatic rings. The summed E-state index contributed by atoms with van der Waals surface area (Å²) < 4.78 is 23.7. The van der Waals surface area contributed by atoms with E-state index in [1.165, 1.54) is 11.7 Å². The van der Waals surface area contributed by atoms with Gasteiger partial charge >= 0.3 is 0 Å². The molecule has 0 saturated carbocycles. The van der Waals surface area contributed by atoms with Crippen LogP contribution in [-0.2, 0) is 33.0 Å². The molecule has 4 atom stereocenters. The predicted molar refractivity (Wildman–Crippen MR) is 131 cm³/mol. The maximum atomic E-state index is 13.8. The second kappa shape index (κ2) is 11.7. The van der Waals surface area contributed by atoms with Crippen molar-refractivity contribution in [1.82, 2.24) is 14.9 Å². The zero-order chi connectivity index (χ0) is 25.9. The summed E-state index contributed by atoms with van der Waals surface area (Å²) in [4.78, 5) is 50.3. The summed E-state index contributed by atoms with van der Waals surface area (Å²) in [6.07, 6.45) is 0.337. The highest BCUT2D eigenvalue weighted by Gasteiger charge is 2.54. The number of fused-ring (bicyclic) bond motifs is 1. The van der Waals surface area contributed by atoms with Gasteiger partial charge in [-0.1, -0.05) is 27.7 Å². The molecule has 3 rings (SSSR count). The molecule has 200 valence electrons. The number of hydrogen-bond donors (Lipinski definition) is 0. The summed E-state index contributed by atoms with van der Waals surface area (Å²) in [5.41, 5.74) is 0. The molecule has 10 nitrogen and oxygen atoms in total. The van der Waals surface area contributed by atoms with Crippen molar-refractivity contribution in [3.8, 4) is 0 Å². The summed E-state index contributed by atoms with van der Waals surface area (Å²) in [5, 5.41) is 1.22. The molecule has 0 aliphatic carbocycles. The van der Waals surface area contributed by atoms with Crippen LogP contribution in [-0.4, -0.2) is 96.1 Å². The monoisotopic (exact) mass is 515 g/mol. The molecule has 3 heterocycles. The first-order valence-electron chi connectivity index (χ1n) is 12.9. The average Bonchev–Trinajstić information content (AvgIpc) is 2.76. The van der Waals surface area contributed by atoms with Gasteiger partial charge in [-0.3, -0.25) is 23.8 Å². The van der Waals surface area contributed by atoms with Crippen LogP contribution < -0.4 is 0 Å². The largest absolute Gasteiger partial charge is 0.381 e. The molecule has 35 heavy (non-hydrogen) atoms. The van der Waals surface area contributed by atoms with Gasteiger partial charge in [0.2, 0.25) is 13.3 Å². The van der Waals surface area contributed by atoms with Gasteiger partial charge in [0, 0.05) is 25.9 Å². The Hall–Kier alpha value is -1.48. The highest BCUT2D eigenvalue weighted by Crippen LogP contribution is 2.43. The van der Waals surface area contributed by atoms with Crippen LogP contribution in [0.1, 0.15) is 60.3 Å². The van der Waals surface area contributed by atoms with E-state index in [9.17, 15) is 18.9 Å². The maximum absolute atomic E-state index is 13.8. The molecular formula is C24H42N3O7P. The molecule has 3 saturated heterocycles. The van der Waals surface area contributed by atoms with Crippen molar-refractivity contribution in [3.63, 3.8) is 0 Å². The first-order chi connectivity index (χ1) is 16.4. The number of rotatable bonds is 9. The quantitative estimate of drug-likeness (QED) is 0.435. The van der Waals surface area contributed by atoms with Gasteiger partial charge in [-0.05, 0) is 44.4 Å². The zero-order valence-electron chi connectivity index (χ0n) is 22.0. The van der Waals surface area contributed by atoms with Crippen LogP contribution in [0.2, 0.25) is 0 Å². The van der Waals surface area contributed by atoms with Gasteiger partial charge in [0.1, 0.15) is 12.2 Å². The number of carbonyl (C=O) groups is 3. The van der Waals surface area contributed by atoms with Crippen molar-refractivity contribution in [2.75, 3.05) is 39.2 Å². The van der Waals surface area contributed by atoms with E-state index in [4.69, 9.17) is 14.1 Å². The number of amides is 3. The smallest absolute Gasteiger partial charge is 0.257 e. The van der Waals surface area contributed by atoms with Gasteiger partial charge in [0.05, 0.1) is 13.2 Å². The zero-order valence-corrected chi connectivity index (χ0v) is 22.9. The lowest BCUT2D eigenvalue weighted by Gasteiger charge is -2.55. The van der Waals surface area contributed by atoms with E-state index < -0.39 is 31.6 Å². The fraction of sp³-hybridized carbons (Fsp3) is 0.875. The second-order valence-corrected chi connectivity index (χ2v) is 13.3. The minimum Gasteiger partial charge on any atom is -0.381 e. The Kier molecular flexibility index (Phi) is 9.40. The van der Waals surface area contributed by atoms with Crippen molar-refractivity contribution in [2.24, 2.45) is 11.8 Å². The summed E-state index contributed by atoms with van der Waals surface area (Å²) in [7, 11) is -3.19. The van der Waals surface area contributed by atoms with Crippen LogP contribution in [0.5, 0.6) is 0 Å². The van der Waals surface area contributed by atoms with Crippen LogP contribution in [0.3, 0.4) is 0 Å². The minimum absolute atomic E-state index is 0.0193. The maximum Gasteiger partial charge on any atom is 0.257 e. The highest BCUT2D eigenvalue weighted by atomic mass is 31.2. The average molecular weight is 516 g/mol. The third-order valence-electron chi connectivity index (χ3n) is 6.71. The van der Waals surface area contributed by atoms with Crippen LogP contribution in [0.15, 0.2) is 0 Å². The summed E-state index contributed by atoms with van der Waals surface area (Å²) in [6, 6.07) is -0.701. The summed E-state index contributed by atoms with van der Waals surface area (Å²) >= 11 is 0. The van der Waals surface area contributed by atoms with Crippen molar-refractivity contribution in [3.05, 3.63) is 0 Å².